The number of carboxylic acids is 1. The van der Waals surface area contributed by atoms with Crippen LogP contribution >= 0.6 is 0 Å². The lowest BCUT2D eigenvalue weighted by Gasteiger charge is -2.18. The number of hydrogen-bond acceptors (Lipinski definition) is 4. The van der Waals surface area contributed by atoms with E-state index in [1.807, 2.05) is 0 Å². The van der Waals surface area contributed by atoms with Gasteiger partial charge in [0, 0.05) is 25.7 Å². The van der Waals surface area contributed by atoms with Crippen LogP contribution in [-0.4, -0.2) is 61.5 Å². The molecule has 0 bridgehead atoms. The van der Waals surface area contributed by atoms with Crippen LogP contribution in [0.1, 0.15) is 6.42 Å². The minimum Gasteiger partial charge on any atom is -0.497 e. The van der Waals surface area contributed by atoms with Gasteiger partial charge in [0.25, 0.3) is 0 Å². The normalized spacial score (nSPS) is 19.6. The summed E-state index contributed by atoms with van der Waals surface area (Å²) in [7, 11) is 1.53. The molecule has 1 aromatic carbocycles. The first-order chi connectivity index (χ1) is 12.7. The average molecular weight is 390 g/mol. The number of methoxy groups -OCH3 is 1. The molecule has 27 heavy (non-hydrogen) atoms. The van der Waals surface area contributed by atoms with Gasteiger partial charge >= 0.3 is 18.2 Å². The molecular weight excluding hydrogens is 369 g/mol. The van der Waals surface area contributed by atoms with Crippen LogP contribution in [0.4, 0.5) is 18.0 Å². The Kier molecular flexibility index (Phi) is 6.75. The van der Waals surface area contributed by atoms with Crippen LogP contribution in [0.15, 0.2) is 24.3 Å². The number of ether oxygens (including phenoxy) is 2. The monoisotopic (exact) mass is 390 g/mol. The van der Waals surface area contributed by atoms with Crippen molar-refractivity contribution in [3.63, 3.8) is 0 Å². The number of amides is 2. The van der Waals surface area contributed by atoms with E-state index in [0.29, 0.717) is 17.9 Å². The van der Waals surface area contributed by atoms with E-state index in [0.717, 1.165) is 4.90 Å². The maximum absolute atomic E-state index is 12.9. The summed E-state index contributed by atoms with van der Waals surface area (Å²) < 4.78 is 49.3. The first kappa shape index (κ1) is 20.7. The number of hydrogen-bond donors (Lipinski definition) is 2. The van der Waals surface area contributed by atoms with Crippen molar-refractivity contribution in [3.8, 4) is 11.5 Å². The molecular formula is C17H21F3N2O5. The molecule has 0 saturated carbocycles. The van der Waals surface area contributed by atoms with E-state index in [1.54, 1.807) is 24.3 Å². The Morgan fingerprint density at radius 2 is 2.00 bits per heavy atom. The van der Waals surface area contributed by atoms with Crippen LogP contribution in [-0.2, 0) is 4.79 Å². The molecule has 1 aliphatic rings. The van der Waals surface area contributed by atoms with Gasteiger partial charge in [0.1, 0.15) is 11.5 Å². The SMILES string of the molecule is COc1cccc(OCCCNC(=O)N2C[C@@H](C(F)(F)F)[C@H](C(=O)O)C2)c1. The van der Waals surface area contributed by atoms with E-state index in [1.165, 1.54) is 7.11 Å². The van der Waals surface area contributed by atoms with E-state index < -0.39 is 43.1 Å². The molecule has 1 saturated heterocycles. The van der Waals surface area contributed by atoms with Crippen LogP contribution in [0.25, 0.3) is 0 Å². The molecule has 0 aliphatic carbocycles. The third kappa shape index (κ3) is 5.66. The zero-order valence-corrected chi connectivity index (χ0v) is 14.7. The van der Waals surface area contributed by atoms with Gasteiger partial charge in [-0.05, 0) is 18.6 Å². The second-order valence-corrected chi connectivity index (χ2v) is 6.11. The fourth-order valence-electron chi connectivity index (χ4n) is 2.81. The number of likely N-dealkylation sites (tertiary alicyclic amines) is 1. The van der Waals surface area contributed by atoms with E-state index in [9.17, 15) is 22.8 Å². The van der Waals surface area contributed by atoms with Gasteiger partial charge in [-0.2, -0.15) is 13.2 Å². The zero-order chi connectivity index (χ0) is 20.0. The second kappa shape index (κ2) is 8.83. The van der Waals surface area contributed by atoms with E-state index in [2.05, 4.69) is 5.32 Å². The number of benzene rings is 1. The van der Waals surface area contributed by atoms with Crippen LogP contribution in [0.2, 0.25) is 0 Å². The summed E-state index contributed by atoms with van der Waals surface area (Å²) in [6, 6.07) is 6.26. The number of urea groups is 1. The molecule has 7 nitrogen and oxygen atoms in total. The Balaban J connectivity index is 1.75. The quantitative estimate of drug-likeness (QED) is 0.698. The molecule has 0 unspecified atom stereocenters. The van der Waals surface area contributed by atoms with Crippen molar-refractivity contribution in [2.75, 3.05) is 33.4 Å². The third-order valence-electron chi connectivity index (χ3n) is 4.25. The lowest BCUT2D eigenvalue weighted by molar-refractivity contribution is -0.187. The molecule has 10 heteroatoms. The number of halogens is 3. The first-order valence-electron chi connectivity index (χ1n) is 8.31. The van der Waals surface area contributed by atoms with Crippen molar-refractivity contribution in [1.29, 1.82) is 0 Å². The number of carboxylic acid groups (broad SMARTS) is 1. The summed E-state index contributed by atoms with van der Waals surface area (Å²) in [6.45, 7) is -0.650. The number of carbonyl (C=O) groups excluding carboxylic acids is 1. The van der Waals surface area contributed by atoms with Crippen LogP contribution in [0.3, 0.4) is 0 Å². The number of rotatable bonds is 7. The number of alkyl halides is 3. The van der Waals surface area contributed by atoms with Crippen molar-refractivity contribution in [3.05, 3.63) is 24.3 Å². The minimum absolute atomic E-state index is 0.188. The Bertz CT molecular complexity index is 668. The van der Waals surface area contributed by atoms with Gasteiger partial charge in [0.05, 0.1) is 25.6 Å². The standard InChI is InChI=1S/C17H21F3N2O5/c1-26-11-4-2-5-12(8-11)27-7-3-6-21-16(25)22-9-13(15(23)24)14(10-22)17(18,19)20/h2,4-5,8,13-14H,3,6-7,9-10H2,1H3,(H,21,25)(H,23,24)/t13-,14-/m1/s1. The van der Waals surface area contributed by atoms with Gasteiger partial charge in [-0.15, -0.1) is 0 Å². The lowest BCUT2D eigenvalue weighted by atomic mass is 9.96. The highest BCUT2D eigenvalue weighted by Gasteiger charge is 2.53. The molecule has 2 rings (SSSR count). The number of aliphatic carboxylic acids is 1. The molecule has 0 radical (unpaired) electrons. The molecule has 2 atom stereocenters. The first-order valence-corrected chi connectivity index (χ1v) is 8.31. The third-order valence-corrected chi connectivity index (χ3v) is 4.25. The average Bonchev–Trinajstić information content (AvgIpc) is 3.08. The van der Waals surface area contributed by atoms with E-state index in [-0.39, 0.29) is 13.2 Å². The Labute approximate surface area is 154 Å². The summed E-state index contributed by atoms with van der Waals surface area (Å²) in [5.74, 6) is -4.02. The highest BCUT2D eigenvalue weighted by atomic mass is 19.4. The maximum Gasteiger partial charge on any atom is 0.394 e. The summed E-state index contributed by atoms with van der Waals surface area (Å²) in [6.07, 6.45) is -4.23. The molecule has 1 heterocycles. The van der Waals surface area contributed by atoms with Crippen molar-refractivity contribution < 1.29 is 37.3 Å². The van der Waals surface area contributed by atoms with Crippen LogP contribution in [0, 0.1) is 11.8 Å². The molecule has 0 spiro atoms. The summed E-state index contributed by atoms with van der Waals surface area (Å²) in [5.41, 5.74) is 0. The molecule has 1 aliphatic heterocycles. The predicted octanol–water partition coefficient (Wildman–Crippen LogP) is 2.37. The smallest absolute Gasteiger partial charge is 0.394 e. The molecule has 1 fully saturated rings. The second-order valence-electron chi connectivity index (χ2n) is 6.11. The number of nitrogens with one attached hydrogen (secondary N) is 1. The molecule has 2 amide bonds. The Morgan fingerprint density at radius 1 is 1.30 bits per heavy atom. The van der Waals surface area contributed by atoms with Crippen LogP contribution in [0.5, 0.6) is 11.5 Å². The van der Waals surface area contributed by atoms with Crippen molar-refractivity contribution in [2.45, 2.75) is 12.6 Å². The minimum atomic E-state index is -4.66. The Morgan fingerprint density at radius 3 is 2.59 bits per heavy atom. The largest absolute Gasteiger partial charge is 0.497 e. The van der Waals surface area contributed by atoms with Crippen LogP contribution < -0.4 is 14.8 Å². The topological polar surface area (TPSA) is 88.1 Å². The highest BCUT2D eigenvalue weighted by molar-refractivity contribution is 5.77. The molecule has 150 valence electrons. The van der Waals surface area contributed by atoms with Gasteiger partial charge in [-0.25, -0.2) is 4.79 Å². The van der Waals surface area contributed by atoms with Gasteiger partial charge < -0.3 is 24.8 Å². The number of carbonyl (C=O) groups is 2. The number of nitrogens with zero attached hydrogens (tertiary/aromatic N) is 1. The Hall–Kier alpha value is -2.65. The van der Waals surface area contributed by atoms with Crippen molar-refractivity contribution in [2.24, 2.45) is 11.8 Å². The van der Waals surface area contributed by atoms with Gasteiger partial charge in [-0.3, -0.25) is 4.79 Å². The lowest BCUT2D eigenvalue weighted by Crippen LogP contribution is -2.40. The van der Waals surface area contributed by atoms with E-state index in [4.69, 9.17) is 14.6 Å². The summed E-state index contributed by atoms with van der Waals surface area (Å²) in [4.78, 5) is 23.9. The molecule has 1 aromatic rings. The van der Waals surface area contributed by atoms with Gasteiger partial charge in [0.2, 0.25) is 0 Å². The van der Waals surface area contributed by atoms with Gasteiger partial charge in [-0.1, -0.05) is 6.07 Å². The molecule has 0 aromatic heterocycles. The van der Waals surface area contributed by atoms with E-state index >= 15 is 0 Å². The summed E-state index contributed by atoms with van der Waals surface area (Å²) >= 11 is 0. The summed E-state index contributed by atoms with van der Waals surface area (Å²) in [5, 5.41) is 11.4. The van der Waals surface area contributed by atoms with Crippen molar-refractivity contribution in [1.82, 2.24) is 10.2 Å². The fourth-order valence-corrected chi connectivity index (χ4v) is 2.81. The van der Waals surface area contributed by atoms with Gasteiger partial charge in [0.15, 0.2) is 0 Å². The highest BCUT2D eigenvalue weighted by Crippen LogP contribution is 2.37. The molecule has 2 N–H and O–H groups in total. The maximum atomic E-state index is 12.9. The fraction of sp³-hybridized carbons (Fsp3) is 0.529. The zero-order valence-electron chi connectivity index (χ0n) is 14.7. The van der Waals surface area contributed by atoms with Crippen molar-refractivity contribution >= 4 is 12.0 Å². The predicted molar refractivity (Wildman–Crippen MR) is 88.7 cm³/mol.